The molecule has 0 spiro atoms. The van der Waals surface area contributed by atoms with Gasteiger partial charge in [-0.3, -0.25) is 0 Å². The first-order chi connectivity index (χ1) is 10.1. The maximum Gasteiger partial charge on any atom is 0.191 e. The molecular formula is C14H21N5S2. The molecule has 0 saturated heterocycles. The molecule has 2 N–H and O–H groups in total. The Kier molecular flexibility index (Phi) is 5.69. The van der Waals surface area contributed by atoms with Crippen molar-refractivity contribution in [2.75, 3.05) is 6.54 Å². The van der Waals surface area contributed by atoms with Crippen molar-refractivity contribution in [2.24, 2.45) is 4.99 Å². The highest BCUT2D eigenvalue weighted by molar-refractivity contribution is 7.11. The van der Waals surface area contributed by atoms with Crippen molar-refractivity contribution in [1.82, 2.24) is 20.6 Å². The van der Waals surface area contributed by atoms with Gasteiger partial charge >= 0.3 is 0 Å². The van der Waals surface area contributed by atoms with E-state index < -0.39 is 0 Å². The Morgan fingerprint density at radius 3 is 2.57 bits per heavy atom. The average Bonchev–Trinajstić information content (AvgIpc) is 2.99. The third kappa shape index (κ3) is 4.50. The van der Waals surface area contributed by atoms with Crippen molar-refractivity contribution < 1.29 is 0 Å². The third-order valence-electron chi connectivity index (χ3n) is 2.99. The lowest BCUT2D eigenvalue weighted by Gasteiger charge is -2.10. The number of nitrogens with zero attached hydrogens (tertiary/aromatic N) is 3. The molecular weight excluding hydrogens is 302 g/mol. The minimum Gasteiger partial charge on any atom is -0.357 e. The molecule has 0 aliphatic carbocycles. The fourth-order valence-corrected chi connectivity index (χ4v) is 3.45. The SMILES string of the molecule is CCNC(=NCc1sc(C)nc1C)NCc1scnc1C. The summed E-state index contributed by atoms with van der Waals surface area (Å²) in [5.74, 6) is 0.829. The van der Waals surface area contributed by atoms with Crippen LogP contribution in [0.1, 0.15) is 33.1 Å². The van der Waals surface area contributed by atoms with Gasteiger partial charge in [-0.05, 0) is 27.7 Å². The lowest BCUT2D eigenvalue weighted by molar-refractivity contribution is 0.819. The molecule has 2 rings (SSSR count). The highest BCUT2D eigenvalue weighted by Crippen LogP contribution is 2.17. The van der Waals surface area contributed by atoms with Crippen LogP contribution in [0.2, 0.25) is 0 Å². The van der Waals surface area contributed by atoms with Gasteiger partial charge in [0.25, 0.3) is 0 Å². The molecule has 2 aromatic heterocycles. The largest absolute Gasteiger partial charge is 0.357 e. The van der Waals surface area contributed by atoms with Crippen LogP contribution in [0.5, 0.6) is 0 Å². The van der Waals surface area contributed by atoms with Crippen LogP contribution in [0.3, 0.4) is 0 Å². The molecule has 0 aliphatic rings. The Bertz CT molecular complexity index is 615. The molecule has 0 aliphatic heterocycles. The summed E-state index contributed by atoms with van der Waals surface area (Å²) in [6.07, 6.45) is 0. The molecule has 114 valence electrons. The summed E-state index contributed by atoms with van der Waals surface area (Å²) in [6.45, 7) is 10.4. The lowest BCUT2D eigenvalue weighted by Crippen LogP contribution is -2.36. The number of aliphatic imine (C=N–C) groups is 1. The van der Waals surface area contributed by atoms with Gasteiger partial charge in [0, 0.05) is 16.3 Å². The quantitative estimate of drug-likeness (QED) is 0.656. The Morgan fingerprint density at radius 1 is 1.19 bits per heavy atom. The summed E-state index contributed by atoms with van der Waals surface area (Å²) in [4.78, 5) is 15.8. The van der Waals surface area contributed by atoms with Gasteiger partial charge in [0.05, 0.1) is 35.0 Å². The molecule has 0 saturated carbocycles. The summed E-state index contributed by atoms with van der Waals surface area (Å²) < 4.78 is 0. The van der Waals surface area contributed by atoms with E-state index in [1.165, 1.54) is 9.75 Å². The molecule has 0 bridgehead atoms. The van der Waals surface area contributed by atoms with Crippen molar-refractivity contribution in [3.05, 3.63) is 31.7 Å². The standard InChI is InChI=1S/C14H21N5S2/c1-5-15-14(16-6-12-9(2)18-8-20-12)17-7-13-10(3)19-11(4)21-13/h8H,5-7H2,1-4H3,(H2,15,16,17). The molecule has 2 heterocycles. The van der Waals surface area contributed by atoms with Crippen LogP contribution in [0.15, 0.2) is 10.5 Å². The summed E-state index contributed by atoms with van der Waals surface area (Å²) in [6, 6.07) is 0. The highest BCUT2D eigenvalue weighted by atomic mass is 32.1. The normalized spacial score (nSPS) is 11.7. The Balaban J connectivity index is 1.99. The maximum atomic E-state index is 4.64. The van der Waals surface area contributed by atoms with E-state index in [0.29, 0.717) is 6.54 Å². The molecule has 0 amide bonds. The number of guanidine groups is 1. The van der Waals surface area contributed by atoms with Gasteiger partial charge in [-0.25, -0.2) is 15.0 Å². The van der Waals surface area contributed by atoms with Crippen molar-refractivity contribution in [3.63, 3.8) is 0 Å². The zero-order valence-electron chi connectivity index (χ0n) is 12.9. The molecule has 2 aromatic rings. The Morgan fingerprint density at radius 2 is 2.00 bits per heavy atom. The van der Waals surface area contributed by atoms with Crippen molar-refractivity contribution in [3.8, 4) is 0 Å². The van der Waals surface area contributed by atoms with Crippen LogP contribution >= 0.6 is 22.7 Å². The van der Waals surface area contributed by atoms with Crippen molar-refractivity contribution in [2.45, 2.75) is 40.8 Å². The minimum atomic E-state index is 0.661. The minimum absolute atomic E-state index is 0.661. The molecule has 0 aromatic carbocycles. The molecule has 0 unspecified atom stereocenters. The first-order valence-electron chi connectivity index (χ1n) is 6.94. The second-order valence-electron chi connectivity index (χ2n) is 4.65. The van der Waals surface area contributed by atoms with Crippen LogP contribution in [0.4, 0.5) is 0 Å². The van der Waals surface area contributed by atoms with Crippen LogP contribution in [0.25, 0.3) is 0 Å². The first-order valence-corrected chi connectivity index (χ1v) is 8.63. The Labute approximate surface area is 133 Å². The molecule has 0 fully saturated rings. The third-order valence-corrected chi connectivity index (χ3v) is 4.98. The first kappa shape index (κ1) is 15.9. The van der Waals surface area contributed by atoms with E-state index in [1.807, 2.05) is 26.3 Å². The van der Waals surface area contributed by atoms with E-state index >= 15 is 0 Å². The number of rotatable bonds is 5. The summed E-state index contributed by atoms with van der Waals surface area (Å²) in [7, 11) is 0. The number of aryl methyl sites for hydroxylation is 3. The highest BCUT2D eigenvalue weighted by Gasteiger charge is 2.06. The predicted molar refractivity (Wildman–Crippen MR) is 90.1 cm³/mol. The number of aromatic nitrogens is 2. The van der Waals surface area contributed by atoms with E-state index in [4.69, 9.17) is 0 Å². The smallest absolute Gasteiger partial charge is 0.191 e. The lowest BCUT2D eigenvalue weighted by atomic mass is 10.4. The maximum absolute atomic E-state index is 4.64. The number of hydrogen-bond donors (Lipinski definition) is 2. The van der Waals surface area contributed by atoms with E-state index in [9.17, 15) is 0 Å². The second kappa shape index (κ2) is 7.51. The summed E-state index contributed by atoms with van der Waals surface area (Å²) in [5, 5.41) is 7.72. The van der Waals surface area contributed by atoms with Gasteiger partial charge in [-0.2, -0.15) is 0 Å². The summed E-state index contributed by atoms with van der Waals surface area (Å²) in [5.41, 5.74) is 4.03. The van der Waals surface area contributed by atoms with Gasteiger partial charge in [0.2, 0.25) is 0 Å². The van der Waals surface area contributed by atoms with Gasteiger partial charge in [0.15, 0.2) is 5.96 Å². The topological polar surface area (TPSA) is 62.2 Å². The molecule has 7 heteroatoms. The van der Waals surface area contributed by atoms with E-state index in [0.717, 1.165) is 35.4 Å². The molecule has 21 heavy (non-hydrogen) atoms. The Hall–Kier alpha value is -1.47. The van der Waals surface area contributed by atoms with Crippen LogP contribution in [-0.2, 0) is 13.1 Å². The van der Waals surface area contributed by atoms with E-state index in [-0.39, 0.29) is 0 Å². The summed E-state index contributed by atoms with van der Waals surface area (Å²) >= 11 is 3.38. The van der Waals surface area contributed by atoms with Crippen LogP contribution < -0.4 is 10.6 Å². The zero-order valence-corrected chi connectivity index (χ0v) is 14.5. The van der Waals surface area contributed by atoms with Crippen LogP contribution in [0, 0.1) is 20.8 Å². The number of nitrogens with one attached hydrogen (secondary N) is 2. The average molecular weight is 323 g/mol. The monoisotopic (exact) mass is 323 g/mol. The zero-order chi connectivity index (χ0) is 15.2. The molecule has 5 nitrogen and oxygen atoms in total. The molecule has 0 atom stereocenters. The predicted octanol–water partition coefficient (Wildman–Crippen LogP) is 2.78. The van der Waals surface area contributed by atoms with Gasteiger partial charge in [-0.15, -0.1) is 22.7 Å². The van der Waals surface area contributed by atoms with Gasteiger partial charge in [-0.1, -0.05) is 0 Å². The van der Waals surface area contributed by atoms with Gasteiger partial charge < -0.3 is 10.6 Å². The van der Waals surface area contributed by atoms with Crippen LogP contribution in [-0.4, -0.2) is 22.5 Å². The number of thiazole rings is 2. The fourth-order valence-electron chi connectivity index (χ4n) is 1.87. The van der Waals surface area contributed by atoms with E-state index in [1.54, 1.807) is 22.7 Å². The van der Waals surface area contributed by atoms with Crippen molar-refractivity contribution in [1.29, 1.82) is 0 Å². The fraction of sp³-hybridized carbons (Fsp3) is 0.500. The van der Waals surface area contributed by atoms with Gasteiger partial charge in [0.1, 0.15) is 0 Å². The second-order valence-corrected chi connectivity index (χ2v) is 6.88. The van der Waals surface area contributed by atoms with E-state index in [2.05, 4.69) is 32.5 Å². The number of hydrogen-bond acceptors (Lipinski definition) is 5. The molecule has 0 radical (unpaired) electrons. The van der Waals surface area contributed by atoms with Crippen molar-refractivity contribution >= 4 is 28.6 Å².